The van der Waals surface area contributed by atoms with E-state index in [9.17, 15) is 13.6 Å². The maximum atomic E-state index is 14.8. The van der Waals surface area contributed by atoms with Crippen LogP contribution in [-0.2, 0) is 9.47 Å². The Labute approximate surface area is 249 Å². The van der Waals surface area contributed by atoms with Crippen LogP contribution in [0.25, 0.3) is 33.4 Å². The van der Waals surface area contributed by atoms with Crippen LogP contribution >= 0.6 is 0 Å². The molecule has 0 aliphatic carbocycles. The van der Waals surface area contributed by atoms with Gasteiger partial charge in [-0.25, -0.2) is 23.2 Å². The molecular weight excluding hydrogens is 554 g/mol. The van der Waals surface area contributed by atoms with Crippen LogP contribution in [0.4, 0.5) is 19.4 Å². The van der Waals surface area contributed by atoms with Gasteiger partial charge in [-0.2, -0.15) is 5.10 Å². The van der Waals surface area contributed by atoms with Gasteiger partial charge in [0.25, 0.3) is 0 Å². The van der Waals surface area contributed by atoms with Crippen LogP contribution in [0.5, 0.6) is 0 Å². The lowest BCUT2D eigenvalue weighted by Crippen LogP contribution is -2.50. The van der Waals surface area contributed by atoms with Crippen LogP contribution in [-0.4, -0.2) is 57.2 Å². The largest absolute Gasteiger partial charge is 0.443 e. The third kappa shape index (κ3) is 6.09. The number of piperidine rings is 1. The molecular formula is C32H36F2N6O3. The van der Waals surface area contributed by atoms with Crippen molar-refractivity contribution in [3.63, 3.8) is 0 Å². The number of aromatic nitrogens is 4. The molecule has 0 radical (unpaired) electrons. The van der Waals surface area contributed by atoms with Crippen molar-refractivity contribution < 1.29 is 23.0 Å². The molecule has 2 saturated heterocycles. The molecule has 0 spiro atoms. The number of hydrogen-bond donors (Lipinski definition) is 1. The van der Waals surface area contributed by atoms with E-state index >= 15 is 0 Å². The molecule has 9 nitrogen and oxygen atoms in total. The Hall–Kier alpha value is -3.96. The van der Waals surface area contributed by atoms with Crippen LogP contribution in [0.1, 0.15) is 59.1 Å². The molecule has 226 valence electrons. The van der Waals surface area contributed by atoms with E-state index in [0.29, 0.717) is 41.3 Å². The highest BCUT2D eigenvalue weighted by atomic mass is 19.1. The van der Waals surface area contributed by atoms with Gasteiger partial charge in [0.15, 0.2) is 12.0 Å². The normalized spacial score (nSPS) is 19.4. The molecule has 11 heteroatoms. The average molecular weight is 591 g/mol. The number of anilines is 1. The van der Waals surface area contributed by atoms with Gasteiger partial charge in [-0.3, -0.25) is 9.88 Å². The average Bonchev–Trinajstić information content (AvgIpc) is 3.37. The lowest BCUT2D eigenvalue weighted by Gasteiger charge is -2.35. The molecule has 2 aliphatic heterocycles. The van der Waals surface area contributed by atoms with Gasteiger partial charge in [-0.05, 0) is 89.2 Å². The molecule has 6 rings (SSSR count). The third-order valence-electron chi connectivity index (χ3n) is 7.72. The van der Waals surface area contributed by atoms with E-state index in [1.165, 1.54) is 18.2 Å². The zero-order valence-corrected chi connectivity index (χ0v) is 24.6. The van der Waals surface area contributed by atoms with E-state index in [4.69, 9.17) is 19.6 Å². The second kappa shape index (κ2) is 12.0. The van der Waals surface area contributed by atoms with Gasteiger partial charge < -0.3 is 14.8 Å². The Morgan fingerprint density at radius 2 is 1.91 bits per heavy atom. The third-order valence-corrected chi connectivity index (χ3v) is 7.72. The van der Waals surface area contributed by atoms with E-state index in [2.05, 4.69) is 10.3 Å². The Morgan fingerprint density at radius 3 is 2.60 bits per heavy atom. The highest BCUT2D eigenvalue weighted by molar-refractivity contribution is 5.96. The van der Waals surface area contributed by atoms with Crippen LogP contribution in [0.15, 0.2) is 48.8 Å². The molecule has 2 unspecified atom stereocenters. The Bertz CT molecular complexity index is 1600. The minimum Gasteiger partial charge on any atom is -0.443 e. The fraction of sp³-hybridized carbons (Fsp3) is 0.438. The summed E-state index contributed by atoms with van der Waals surface area (Å²) in [6, 6.07) is 8.87. The van der Waals surface area contributed by atoms with Gasteiger partial charge in [0.1, 0.15) is 28.6 Å². The van der Waals surface area contributed by atoms with Crippen LogP contribution in [0, 0.1) is 11.6 Å². The van der Waals surface area contributed by atoms with E-state index in [1.54, 1.807) is 29.4 Å². The first-order valence-corrected chi connectivity index (χ1v) is 14.8. The highest BCUT2D eigenvalue weighted by Crippen LogP contribution is 2.36. The van der Waals surface area contributed by atoms with Gasteiger partial charge in [0.05, 0.1) is 29.5 Å². The monoisotopic (exact) mass is 590 g/mol. The number of halogens is 2. The van der Waals surface area contributed by atoms with Crippen molar-refractivity contribution in [2.75, 3.05) is 24.6 Å². The summed E-state index contributed by atoms with van der Waals surface area (Å²) in [6.45, 7) is 7.57. The van der Waals surface area contributed by atoms with Gasteiger partial charge in [-0.1, -0.05) is 12.1 Å². The zero-order chi connectivity index (χ0) is 30.1. The van der Waals surface area contributed by atoms with E-state index in [1.807, 2.05) is 31.5 Å². The summed E-state index contributed by atoms with van der Waals surface area (Å²) in [5.41, 5.74) is 1.20. The molecule has 2 atom stereocenters. The number of carbonyl (C=O) groups is 1. The Balaban J connectivity index is 1.48. The summed E-state index contributed by atoms with van der Waals surface area (Å²) in [7, 11) is 0. The Kier molecular flexibility index (Phi) is 8.11. The summed E-state index contributed by atoms with van der Waals surface area (Å²) in [4.78, 5) is 24.4. The number of rotatable bonds is 5. The van der Waals surface area contributed by atoms with Crippen LogP contribution in [0.3, 0.4) is 0 Å². The number of carbonyl (C=O) groups excluding carboxylic acids is 1. The van der Waals surface area contributed by atoms with Gasteiger partial charge in [0.2, 0.25) is 0 Å². The second-order valence-electron chi connectivity index (χ2n) is 12.1. The van der Waals surface area contributed by atoms with Crippen molar-refractivity contribution in [2.24, 2.45) is 0 Å². The van der Waals surface area contributed by atoms with Gasteiger partial charge >= 0.3 is 6.09 Å². The van der Waals surface area contributed by atoms with Crippen LogP contribution in [0.2, 0.25) is 0 Å². The van der Waals surface area contributed by atoms with Crippen molar-refractivity contribution in [1.29, 1.82) is 0 Å². The molecule has 2 aromatic heterocycles. The summed E-state index contributed by atoms with van der Waals surface area (Å²) in [5, 5.41) is 8.93. The van der Waals surface area contributed by atoms with Gasteiger partial charge in [0, 0.05) is 18.5 Å². The highest BCUT2D eigenvalue weighted by Gasteiger charge is 2.32. The number of benzene rings is 2. The Morgan fingerprint density at radius 1 is 1.09 bits per heavy atom. The first-order chi connectivity index (χ1) is 20.7. The number of fused-ring (bicyclic) bond motifs is 1. The van der Waals surface area contributed by atoms with E-state index < -0.39 is 23.3 Å². The van der Waals surface area contributed by atoms with Crippen molar-refractivity contribution in [1.82, 2.24) is 25.1 Å². The standard InChI is InChI=1S/C32H36F2N6O3/c1-32(2,3)43-31(41)39(21-8-7-14-35-17-21)27-19-36-18-25(37-27)30-22-16-20(29-23(33)9-6-10-24(29)34)12-13-26(22)40(38-30)28-11-4-5-15-42-28/h6,9-10,12-13,16,18-19,21,28,35H,4-5,7-8,11,14-15,17H2,1-3H3. The molecule has 1 amide bonds. The number of hydrogen-bond acceptors (Lipinski definition) is 7. The SMILES string of the molecule is CC(C)(C)OC(=O)N(c1cncc(-c2nn(C3CCCCO3)c3ccc(-c4c(F)cccc4F)cc23)n1)C1CCCNC1. The molecule has 0 bridgehead atoms. The molecule has 2 aromatic carbocycles. The van der Waals surface area contributed by atoms with Crippen molar-refractivity contribution in [2.45, 2.75) is 70.7 Å². The first kappa shape index (κ1) is 29.1. The van der Waals surface area contributed by atoms with E-state index in [-0.39, 0.29) is 17.8 Å². The number of nitrogens with one attached hydrogen (secondary N) is 1. The smallest absolute Gasteiger partial charge is 0.416 e. The fourth-order valence-corrected chi connectivity index (χ4v) is 5.78. The predicted octanol–water partition coefficient (Wildman–Crippen LogP) is 6.63. The summed E-state index contributed by atoms with van der Waals surface area (Å²) >= 11 is 0. The van der Waals surface area contributed by atoms with E-state index in [0.717, 1.165) is 44.2 Å². The molecule has 43 heavy (non-hydrogen) atoms. The molecule has 1 N–H and O–H groups in total. The molecule has 2 aliphatic rings. The minimum absolute atomic E-state index is 0.113. The molecule has 0 saturated carbocycles. The molecule has 2 fully saturated rings. The lowest BCUT2D eigenvalue weighted by molar-refractivity contribution is -0.0365. The zero-order valence-electron chi connectivity index (χ0n) is 24.6. The number of ether oxygens (including phenoxy) is 2. The van der Waals surface area contributed by atoms with Crippen molar-refractivity contribution >= 4 is 22.8 Å². The summed E-state index contributed by atoms with van der Waals surface area (Å²) < 4.78 is 43.3. The first-order valence-electron chi connectivity index (χ1n) is 14.8. The molecule has 4 aromatic rings. The summed E-state index contributed by atoms with van der Waals surface area (Å²) in [6.07, 6.45) is 6.78. The maximum absolute atomic E-state index is 14.8. The maximum Gasteiger partial charge on any atom is 0.416 e. The van der Waals surface area contributed by atoms with Crippen LogP contribution < -0.4 is 10.2 Å². The topological polar surface area (TPSA) is 94.4 Å². The quantitative estimate of drug-likeness (QED) is 0.279. The van der Waals surface area contributed by atoms with Crippen molar-refractivity contribution in [3.05, 3.63) is 60.4 Å². The summed E-state index contributed by atoms with van der Waals surface area (Å²) in [5.74, 6) is -0.965. The van der Waals surface area contributed by atoms with Crippen molar-refractivity contribution in [3.8, 4) is 22.5 Å². The number of nitrogens with zero attached hydrogens (tertiary/aromatic N) is 5. The minimum atomic E-state index is -0.699. The number of amides is 1. The molecule has 4 heterocycles. The predicted molar refractivity (Wildman–Crippen MR) is 160 cm³/mol. The lowest BCUT2D eigenvalue weighted by atomic mass is 10.0. The fourth-order valence-electron chi connectivity index (χ4n) is 5.78. The second-order valence-corrected chi connectivity index (χ2v) is 12.1. The van der Waals surface area contributed by atoms with Gasteiger partial charge in [-0.15, -0.1) is 0 Å².